The third-order valence-electron chi connectivity index (χ3n) is 4.36. The number of hydrogen-bond donors (Lipinski definition) is 1. The first kappa shape index (κ1) is 19.8. The molecule has 1 fully saturated rings. The summed E-state index contributed by atoms with van der Waals surface area (Å²) in [6.07, 6.45) is 0. The first-order valence-electron chi connectivity index (χ1n) is 8.59. The van der Waals surface area contributed by atoms with E-state index in [0.717, 1.165) is 23.5 Å². The van der Waals surface area contributed by atoms with Gasteiger partial charge in [0.15, 0.2) is 10.9 Å². The lowest BCUT2D eigenvalue weighted by Gasteiger charge is -2.26. The van der Waals surface area contributed by atoms with Gasteiger partial charge in [-0.25, -0.2) is 22.2 Å². The Balaban J connectivity index is 1.52. The van der Waals surface area contributed by atoms with E-state index in [-0.39, 0.29) is 38.9 Å². The lowest BCUT2D eigenvalue weighted by atomic mass is 10.2. The zero-order chi connectivity index (χ0) is 20.6. The van der Waals surface area contributed by atoms with E-state index in [1.54, 1.807) is 0 Å². The van der Waals surface area contributed by atoms with Gasteiger partial charge < -0.3 is 4.74 Å². The number of nitrogens with zero attached hydrogens (tertiary/aromatic N) is 2. The number of morpholine rings is 1. The van der Waals surface area contributed by atoms with Crippen LogP contribution in [0.15, 0.2) is 41.3 Å². The molecule has 4 rings (SSSR count). The smallest absolute Gasteiger partial charge is 0.257 e. The minimum atomic E-state index is -3.66. The maximum atomic E-state index is 13.8. The quantitative estimate of drug-likeness (QED) is 0.675. The van der Waals surface area contributed by atoms with Crippen LogP contribution < -0.4 is 5.32 Å². The molecule has 1 saturated heterocycles. The number of carbonyl (C=O) groups is 1. The van der Waals surface area contributed by atoms with E-state index in [0.29, 0.717) is 13.2 Å². The first-order valence-corrected chi connectivity index (χ1v) is 10.9. The summed E-state index contributed by atoms with van der Waals surface area (Å²) in [5.41, 5.74) is 0.176. The fraction of sp³-hybridized carbons (Fsp3) is 0.222. The molecule has 1 amide bonds. The second-order valence-corrected chi connectivity index (χ2v) is 9.22. The van der Waals surface area contributed by atoms with Gasteiger partial charge in [-0.15, -0.1) is 0 Å². The molecule has 2 heterocycles. The Kier molecular flexibility index (Phi) is 5.30. The standard InChI is InChI=1S/C18H15F2N3O4S2/c19-12-9-14(20)16-15(10-12)28-18(21-16)22-17(24)11-1-3-13(4-2-11)29(25,26)23-5-7-27-8-6-23/h1-4,9-10H,5-8H2,(H,21,22,24). The van der Waals surface area contributed by atoms with Crippen LogP contribution >= 0.6 is 11.3 Å². The van der Waals surface area contributed by atoms with Crippen LogP contribution in [0.25, 0.3) is 10.2 Å². The molecule has 1 aliphatic heterocycles. The monoisotopic (exact) mass is 439 g/mol. The second kappa shape index (κ2) is 7.75. The highest BCUT2D eigenvalue weighted by Gasteiger charge is 2.26. The molecule has 0 saturated carbocycles. The molecule has 0 unspecified atom stereocenters. The number of thiazole rings is 1. The molecule has 0 aliphatic carbocycles. The number of hydrogen-bond acceptors (Lipinski definition) is 6. The van der Waals surface area contributed by atoms with E-state index in [1.807, 2.05) is 0 Å². The molecule has 7 nitrogen and oxygen atoms in total. The van der Waals surface area contributed by atoms with Crippen molar-refractivity contribution < 1.29 is 26.7 Å². The molecule has 0 bridgehead atoms. The molecule has 2 aromatic carbocycles. The highest BCUT2D eigenvalue weighted by molar-refractivity contribution is 7.89. The van der Waals surface area contributed by atoms with Crippen molar-refractivity contribution in [2.24, 2.45) is 0 Å². The van der Waals surface area contributed by atoms with E-state index in [1.165, 1.54) is 28.6 Å². The number of fused-ring (bicyclic) bond motifs is 1. The van der Waals surface area contributed by atoms with Crippen molar-refractivity contribution in [3.63, 3.8) is 0 Å². The van der Waals surface area contributed by atoms with E-state index in [9.17, 15) is 22.0 Å². The number of rotatable bonds is 4. The van der Waals surface area contributed by atoms with Crippen LogP contribution in [-0.2, 0) is 14.8 Å². The van der Waals surface area contributed by atoms with Crippen LogP contribution in [0.4, 0.5) is 13.9 Å². The van der Waals surface area contributed by atoms with Crippen molar-refractivity contribution in [3.8, 4) is 0 Å². The molecule has 0 radical (unpaired) electrons. The molecule has 3 aromatic rings. The van der Waals surface area contributed by atoms with Gasteiger partial charge in [0.05, 0.1) is 22.8 Å². The number of anilines is 1. The molecule has 0 spiro atoms. The largest absolute Gasteiger partial charge is 0.379 e. The maximum Gasteiger partial charge on any atom is 0.257 e. The van der Waals surface area contributed by atoms with Crippen LogP contribution in [-0.4, -0.2) is 49.9 Å². The van der Waals surface area contributed by atoms with Gasteiger partial charge >= 0.3 is 0 Å². The number of sulfonamides is 1. The minimum Gasteiger partial charge on any atom is -0.379 e. The lowest BCUT2D eigenvalue weighted by Crippen LogP contribution is -2.40. The fourth-order valence-corrected chi connectivity index (χ4v) is 5.20. The van der Waals surface area contributed by atoms with Gasteiger partial charge in [0, 0.05) is 24.7 Å². The summed E-state index contributed by atoms with van der Waals surface area (Å²) in [5.74, 6) is -2.08. The van der Waals surface area contributed by atoms with E-state index >= 15 is 0 Å². The van der Waals surface area contributed by atoms with Crippen molar-refractivity contribution in [1.29, 1.82) is 0 Å². The predicted octanol–water partition coefficient (Wildman–Crippen LogP) is 2.85. The summed E-state index contributed by atoms with van der Waals surface area (Å²) in [7, 11) is -3.66. The normalized spacial score (nSPS) is 15.5. The zero-order valence-electron chi connectivity index (χ0n) is 14.9. The summed E-state index contributed by atoms with van der Waals surface area (Å²) >= 11 is 0.937. The lowest BCUT2D eigenvalue weighted by molar-refractivity contribution is 0.0730. The number of benzene rings is 2. The molecule has 152 valence electrons. The van der Waals surface area contributed by atoms with Gasteiger partial charge in [-0.3, -0.25) is 10.1 Å². The van der Waals surface area contributed by atoms with Gasteiger partial charge in [-0.05, 0) is 30.3 Å². The number of nitrogens with one attached hydrogen (secondary N) is 1. The van der Waals surface area contributed by atoms with Gasteiger partial charge in [0.1, 0.15) is 11.3 Å². The average Bonchev–Trinajstić information content (AvgIpc) is 3.11. The van der Waals surface area contributed by atoms with Gasteiger partial charge in [-0.1, -0.05) is 11.3 Å². The van der Waals surface area contributed by atoms with Crippen molar-refractivity contribution >= 4 is 42.6 Å². The van der Waals surface area contributed by atoms with Crippen LogP contribution in [0.3, 0.4) is 0 Å². The Hall–Kier alpha value is -2.47. The minimum absolute atomic E-state index is 0.0290. The fourth-order valence-electron chi connectivity index (χ4n) is 2.89. The number of carbonyl (C=O) groups excluding carboxylic acids is 1. The number of aromatic nitrogens is 1. The third-order valence-corrected chi connectivity index (χ3v) is 7.19. The van der Waals surface area contributed by atoms with Crippen molar-refractivity contribution in [1.82, 2.24) is 9.29 Å². The van der Waals surface area contributed by atoms with E-state index in [2.05, 4.69) is 10.3 Å². The summed E-state index contributed by atoms with van der Waals surface area (Å²) in [6.45, 7) is 1.23. The highest BCUT2D eigenvalue weighted by Crippen LogP contribution is 2.29. The molecule has 1 aliphatic rings. The molecule has 29 heavy (non-hydrogen) atoms. The summed E-state index contributed by atoms with van der Waals surface area (Å²) in [4.78, 5) is 16.5. The van der Waals surface area contributed by atoms with Gasteiger partial charge in [0.2, 0.25) is 10.0 Å². The highest BCUT2D eigenvalue weighted by atomic mass is 32.2. The topological polar surface area (TPSA) is 88.6 Å². The molecular weight excluding hydrogens is 424 g/mol. The Morgan fingerprint density at radius 2 is 1.83 bits per heavy atom. The molecule has 0 atom stereocenters. The van der Waals surface area contributed by atoms with Crippen molar-refractivity contribution in [2.45, 2.75) is 4.90 Å². The van der Waals surface area contributed by atoms with E-state index in [4.69, 9.17) is 4.74 Å². The van der Waals surface area contributed by atoms with Gasteiger partial charge in [0.25, 0.3) is 5.91 Å². The number of ether oxygens (including phenoxy) is 1. The molecule has 1 N–H and O–H groups in total. The zero-order valence-corrected chi connectivity index (χ0v) is 16.5. The Morgan fingerprint density at radius 1 is 1.14 bits per heavy atom. The second-order valence-electron chi connectivity index (χ2n) is 6.25. The average molecular weight is 439 g/mol. The molecular formula is C18H15F2N3O4S2. The van der Waals surface area contributed by atoms with Gasteiger partial charge in [-0.2, -0.15) is 4.31 Å². The van der Waals surface area contributed by atoms with Crippen LogP contribution in [0, 0.1) is 11.6 Å². The SMILES string of the molecule is O=C(Nc1nc2c(F)cc(F)cc2s1)c1ccc(S(=O)(=O)N2CCOCC2)cc1. The van der Waals surface area contributed by atoms with Crippen LogP contribution in [0.5, 0.6) is 0 Å². The van der Waals surface area contributed by atoms with Crippen LogP contribution in [0.1, 0.15) is 10.4 Å². The Bertz CT molecular complexity index is 1170. The first-order chi connectivity index (χ1) is 13.8. The number of amides is 1. The summed E-state index contributed by atoms with van der Waals surface area (Å²) < 4.78 is 59.0. The summed E-state index contributed by atoms with van der Waals surface area (Å²) in [5, 5.41) is 2.63. The predicted molar refractivity (Wildman–Crippen MR) is 104 cm³/mol. The molecule has 1 aromatic heterocycles. The van der Waals surface area contributed by atoms with E-state index < -0.39 is 27.6 Å². The molecule has 11 heteroatoms. The third kappa shape index (κ3) is 3.99. The van der Waals surface area contributed by atoms with Crippen molar-refractivity contribution in [3.05, 3.63) is 53.6 Å². The Labute approximate surface area is 169 Å². The summed E-state index contributed by atoms with van der Waals surface area (Å²) in [6, 6.07) is 7.34. The van der Waals surface area contributed by atoms with Crippen LogP contribution in [0.2, 0.25) is 0 Å². The van der Waals surface area contributed by atoms with Crippen molar-refractivity contribution in [2.75, 3.05) is 31.6 Å². The Morgan fingerprint density at radius 3 is 2.52 bits per heavy atom. The number of halogens is 2. The maximum absolute atomic E-state index is 13.8.